The molecule has 7 heteroatoms. The first-order chi connectivity index (χ1) is 14.5. The number of rotatable bonds is 5. The molecule has 0 bridgehead atoms. The summed E-state index contributed by atoms with van der Waals surface area (Å²) < 4.78 is 18.7. The van der Waals surface area contributed by atoms with Crippen molar-refractivity contribution in [3.8, 4) is 0 Å². The van der Waals surface area contributed by atoms with Gasteiger partial charge in [0.1, 0.15) is 11.6 Å². The first-order valence-electron chi connectivity index (χ1n) is 9.44. The van der Waals surface area contributed by atoms with E-state index in [4.69, 9.17) is 16.6 Å². The Hall–Kier alpha value is -3.45. The van der Waals surface area contributed by atoms with E-state index in [1.54, 1.807) is 24.5 Å². The van der Waals surface area contributed by atoms with E-state index in [0.29, 0.717) is 28.7 Å². The van der Waals surface area contributed by atoms with Gasteiger partial charge in [-0.05, 0) is 78.6 Å². The maximum atomic E-state index is 13.2. The van der Waals surface area contributed by atoms with Crippen molar-refractivity contribution in [1.29, 1.82) is 0 Å². The van der Waals surface area contributed by atoms with Crippen molar-refractivity contribution >= 4 is 33.9 Å². The minimum atomic E-state index is -0.322. The van der Waals surface area contributed by atoms with Gasteiger partial charge in [-0.25, -0.2) is 4.39 Å². The Kier molecular flexibility index (Phi) is 5.63. The number of nitrogens with one attached hydrogen (secondary N) is 2. The number of benzene rings is 2. The molecule has 0 amide bonds. The summed E-state index contributed by atoms with van der Waals surface area (Å²) in [6, 6.07) is 17.4. The minimum absolute atomic E-state index is 0.165. The van der Waals surface area contributed by atoms with Gasteiger partial charge in [0, 0.05) is 16.8 Å². The zero-order valence-corrected chi connectivity index (χ0v) is 17.1. The van der Waals surface area contributed by atoms with E-state index < -0.39 is 0 Å². The molecule has 0 atom stereocenters. The lowest BCUT2D eigenvalue weighted by molar-refractivity contribution is 0.359. The van der Waals surface area contributed by atoms with Gasteiger partial charge in [-0.2, -0.15) is 0 Å². The third-order valence-electron chi connectivity index (χ3n) is 4.75. The van der Waals surface area contributed by atoms with Crippen LogP contribution in [0.25, 0.3) is 10.9 Å². The fraction of sp³-hybridized carbons (Fsp3) is 0.130. The average molecular weight is 421 g/mol. The van der Waals surface area contributed by atoms with E-state index in [-0.39, 0.29) is 17.9 Å². The van der Waals surface area contributed by atoms with Crippen LogP contribution in [-0.2, 0) is 13.1 Å². The minimum Gasteiger partial charge on any atom is -0.467 e. The molecule has 0 aliphatic heterocycles. The van der Waals surface area contributed by atoms with Crippen molar-refractivity contribution in [2.45, 2.75) is 20.0 Å². The number of furan rings is 1. The number of aryl methyl sites for hydroxylation is 1. The average Bonchev–Trinajstić information content (AvgIpc) is 3.23. The fourth-order valence-electron chi connectivity index (χ4n) is 3.21. The zero-order chi connectivity index (χ0) is 21.1. The Morgan fingerprint density at radius 1 is 1.13 bits per heavy atom. The van der Waals surface area contributed by atoms with Crippen LogP contribution in [0.1, 0.15) is 16.9 Å². The quantitative estimate of drug-likeness (QED) is 0.446. The molecule has 0 fully saturated rings. The van der Waals surface area contributed by atoms with E-state index >= 15 is 0 Å². The number of hydrogen-bond acceptors (Lipinski definition) is 3. The molecule has 0 saturated carbocycles. The van der Waals surface area contributed by atoms with Crippen molar-refractivity contribution in [3.05, 3.63) is 100.0 Å². The Bertz CT molecular complexity index is 1230. The number of aromatic nitrogens is 1. The van der Waals surface area contributed by atoms with Crippen LogP contribution in [0.3, 0.4) is 0 Å². The summed E-state index contributed by atoms with van der Waals surface area (Å²) in [5.41, 5.74) is 2.96. The van der Waals surface area contributed by atoms with Crippen LogP contribution in [0.15, 0.2) is 76.1 Å². The number of nitrogens with zero attached hydrogens (tertiary/aromatic N) is 1. The van der Waals surface area contributed by atoms with Crippen molar-refractivity contribution in [2.75, 3.05) is 5.32 Å². The maximum absolute atomic E-state index is 13.2. The molecule has 0 saturated heterocycles. The Balaban J connectivity index is 1.62. The molecule has 0 aliphatic carbocycles. The SMILES string of the molecule is Cc1ccc2cc(CN(Cc3ccco3)C(=S)Nc3ccc(F)cc3)c(=O)[nH]c2c1. The monoisotopic (exact) mass is 421 g/mol. The van der Waals surface area contributed by atoms with Crippen LogP contribution in [0.4, 0.5) is 10.1 Å². The van der Waals surface area contributed by atoms with Gasteiger partial charge in [0.05, 0.1) is 19.4 Å². The van der Waals surface area contributed by atoms with Gasteiger partial charge in [0.2, 0.25) is 0 Å². The second kappa shape index (κ2) is 8.51. The Morgan fingerprint density at radius 3 is 2.67 bits per heavy atom. The number of anilines is 1. The van der Waals surface area contributed by atoms with Crippen LogP contribution in [0, 0.1) is 12.7 Å². The highest BCUT2D eigenvalue weighted by atomic mass is 32.1. The fourth-order valence-corrected chi connectivity index (χ4v) is 3.46. The van der Waals surface area contributed by atoms with Gasteiger partial charge in [-0.15, -0.1) is 0 Å². The highest BCUT2D eigenvalue weighted by molar-refractivity contribution is 7.80. The first kappa shape index (κ1) is 19.8. The molecule has 2 aromatic heterocycles. The third kappa shape index (κ3) is 4.58. The molecule has 2 N–H and O–H groups in total. The van der Waals surface area contributed by atoms with E-state index in [2.05, 4.69) is 10.3 Å². The number of halogens is 1. The summed E-state index contributed by atoms with van der Waals surface area (Å²) in [6.45, 7) is 2.65. The summed E-state index contributed by atoms with van der Waals surface area (Å²) in [7, 11) is 0. The molecule has 30 heavy (non-hydrogen) atoms. The van der Waals surface area contributed by atoms with Gasteiger partial charge in [0.15, 0.2) is 5.11 Å². The van der Waals surface area contributed by atoms with Crippen molar-refractivity contribution in [1.82, 2.24) is 9.88 Å². The number of fused-ring (bicyclic) bond motifs is 1. The molecular formula is C23H20FN3O2S. The lowest BCUT2D eigenvalue weighted by Crippen LogP contribution is -2.35. The Labute approximate surface area is 178 Å². The van der Waals surface area contributed by atoms with Crippen LogP contribution in [-0.4, -0.2) is 15.0 Å². The predicted molar refractivity (Wildman–Crippen MR) is 120 cm³/mol. The second-order valence-electron chi connectivity index (χ2n) is 7.09. The molecule has 0 aliphatic rings. The molecule has 0 unspecified atom stereocenters. The van der Waals surface area contributed by atoms with Crippen molar-refractivity contribution < 1.29 is 8.81 Å². The summed E-state index contributed by atoms with van der Waals surface area (Å²) in [6.07, 6.45) is 1.59. The number of H-pyrrole nitrogens is 1. The summed E-state index contributed by atoms with van der Waals surface area (Å²) in [5.74, 6) is 0.392. The molecule has 4 aromatic rings. The maximum Gasteiger partial charge on any atom is 0.253 e. The van der Waals surface area contributed by atoms with Crippen molar-refractivity contribution in [2.24, 2.45) is 0 Å². The summed E-state index contributed by atoms with van der Waals surface area (Å²) >= 11 is 5.59. The first-order valence-corrected chi connectivity index (χ1v) is 9.85. The van der Waals surface area contributed by atoms with Gasteiger partial charge in [-0.1, -0.05) is 12.1 Å². The summed E-state index contributed by atoms with van der Waals surface area (Å²) in [5, 5.41) is 4.46. The summed E-state index contributed by atoms with van der Waals surface area (Å²) in [4.78, 5) is 17.5. The van der Waals surface area contributed by atoms with E-state index in [9.17, 15) is 9.18 Å². The van der Waals surface area contributed by atoms with Crippen LogP contribution in [0.5, 0.6) is 0 Å². The molecule has 152 valence electrons. The van der Waals surface area contributed by atoms with Crippen molar-refractivity contribution in [3.63, 3.8) is 0 Å². The molecule has 2 heterocycles. The molecular weight excluding hydrogens is 401 g/mol. The number of aromatic amines is 1. The molecule has 0 spiro atoms. The van der Waals surface area contributed by atoms with Crippen LogP contribution in [0.2, 0.25) is 0 Å². The van der Waals surface area contributed by atoms with Gasteiger partial charge < -0.3 is 19.6 Å². The van der Waals surface area contributed by atoms with Gasteiger partial charge in [-0.3, -0.25) is 4.79 Å². The number of pyridine rings is 1. The number of thiocarbonyl (C=S) groups is 1. The van der Waals surface area contributed by atoms with Gasteiger partial charge >= 0.3 is 0 Å². The van der Waals surface area contributed by atoms with E-state index in [1.165, 1.54) is 12.1 Å². The molecule has 5 nitrogen and oxygen atoms in total. The highest BCUT2D eigenvalue weighted by Crippen LogP contribution is 2.17. The largest absolute Gasteiger partial charge is 0.467 e. The Morgan fingerprint density at radius 2 is 1.93 bits per heavy atom. The van der Waals surface area contributed by atoms with E-state index in [1.807, 2.05) is 42.2 Å². The molecule has 4 rings (SSSR count). The molecule has 0 radical (unpaired) electrons. The zero-order valence-electron chi connectivity index (χ0n) is 16.3. The smallest absolute Gasteiger partial charge is 0.253 e. The third-order valence-corrected chi connectivity index (χ3v) is 5.11. The normalized spacial score (nSPS) is 10.9. The predicted octanol–water partition coefficient (Wildman–Crippen LogP) is 4.97. The highest BCUT2D eigenvalue weighted by Gasteiger charge is 2.16. The lowest BCUT2D eigenvalue weighted by Gasteiger charge is -2.25. The topological polar surface area (TPSA) is 61.3 Å². The van der Waals surface area contributed by atoms with Gasteiger partial charge in [0.25, 0.3) is 5.56 Å². The number of hydrogen-bond donors (Lipinski definition) is 2. The standard InChI is InChI=1S/C23H20FN3O2S/c1-15-4-5-16-12-17(22(28)26-21(16)11-15)13-27(14-20-3-2-10-29-20)23(30)25-19-8-6-18(24)7-9-19/h2-12H,13-14H2,1H3,(H,25,30)(H,26,28). The van der Waals surface area contributed by atoms with E-state index in [0.717, 1.165) is 16.5 Å². The lowest BCUT2D eigenvalue weighted by atomic mass is 10.1. The van der Waals surface area contributed by atoms with Crippen LogP contribution >= 0.6 is 12.2 Å². The second-order valence-corrected chi connectivity index (χ2v) is 7.47. The molecule has 2 aromatic carbocycles. The van der Waals surface area contributed by atoms with Crippen LogP contribution < -0.4 is 10.9 Å².